The molecule has 0 saturated heterocycles. The molecule has 8 heteroatoms. The molecule has 5 nitrogen and oxygen atoms in total. The van der Waals surface area contributed by atoms with E-state index in [1.54, 1.807) is 23.1 Å². The Balaban J connectivity index is 2.38. The van der Waals surface area contributed by atoms with Crippen LogP contribution in [0.5, 0.6) is 5.75 Å². The van der Waals surface area contributed by atoms with E-state index in [1.807, 2.05) is 25.3 Å². The zero-order chi connectivity index (χ0) is 18.6. The van der Waals surface area contributed by atoms with Crippen LogP contribution in [0.2, 0.25) is 5.02 Å². The fourth-order valence-corrected chi connectivity index (χ4v) is 3.65. The smallest absolute Gasteiger partial charge is 0.306 e. The lowest BCUT2D eigenvalue weighted by Gasteiger charge is -2.29. The van der Waals surface area contributed by atoms with E-state index in [2.05, 4.69) is 0 Å². The lowest BCUT2D eigenvalue weighted by molar-refractivity contribution is 0.0676. The largest absolute Gasteiger partial charge is 0.382 e. The summed E-state index contributed by atoms with van der Waals surface area (Å²) in [6, 6.07) is 8.25. The van der Waals surface area contributed by atoms with Crippen LogP contribution in [0, 0.1) is 0 Å². The van der Waals surface area contributed by atoms with Crippen molar-refractivity contribution in [3.05, 3.63) is 51.2 Å². The molecular weight excluding hydrogens is 382 g/mol. The summed E-state index contributed by atoms with van der Waals surface area (Å²) in [5.41, 5.74) is 0.545. The zero-order valence-electron chi connectivity index (χ0n) is 14.2. The number of rotatable bonds is 7. The van der Waals surface area contributed by atoms with E-state index in [4.69, 9.17) is 15.8 Å². The molecule has 0 spiro atoms. The molecule has 0 bridgehead atoms. The average Bonchev–Trinajstić information content (AvgIpc) is 3.07. The van der Waals surface area contributed by atoms with Crippen LogP contribution in [-0.4, -0.2) is 31.5 Å². The molecular formula is C17H20ClNO4S2. The standard InChI is InChI=1S/C17H20ClNO4S2/c1-4-12(2)19(17(20)16-6-5-9-24-16)11-13-10-14(18)7-8-15(13)23-25(3,21)22/h5-10,12H,4,11H2,1-3H3. The molecule has 0 aliphatic rings. The topological polar surface area (TPSA) is 63.7 Å². The highest BCUT2D eigenvalue weighted by atomic mass is 35.5. The predicted molar refractivity (Wildman–Crippen MR) is 101 cm³/mol. The van der Waals surface area contributed by atoms with E-state index in [0.717, 1.165) is 12.7 Å². The Hall–Kier alpha value is -1.57. The molecule has 0 saturated carbocycles. The highest BCUT2D eigenvalue weighted by Gasteiger charge is 2.23. The van der Waals surface area contributed by atoms with E-state index in [1.165, 1.54) is 17.4 Å². The van der Waals surface area contributed by atoms with Crippen molar-refractivity contribution in [3.8, 4) is 5.75 Å². The summed E-state index contributed by atoms with van der Waals surface area (Å²) in [4.78, 5) is 15.2. The van der Waals surface area contributed by atoms with Gasteiger partial charge in [-0.2, -0.15) is 8.42 Å². The number of hydrogen-bond donors (Lipinski definition) is 0. The first kappa shape index (κ1) is 19.8. The molecule has 1 aromatic heterocycles. The summed E-state index contributed by atoms with van der Waals surface area (Å²) in [6.45, 7) is 4.15. The van der Waals surface area contributed by atoms with Gasteiger partial charge in [-0.05, 0) is 43.0 Å². The van der Waals surface area contributed by atoms with Crippen LogP contribution in [-0.2, 0) is 16.7 Å². The minimum atomic E-state index is -3.68. The molecule has 0 aliphatic heterocycles. The fraction of sp³-hybridized carbons (Fsp3) is 0.353. The molecule has 1 aromatic carbocycles. The van der Waals surface area contributed by atoms with Gasteiger partial charge in [-0.15, -0.1) is 11.3 Å². The summed E-state index contributed by atoms with van der Waals surface area (Å²) >= 11 is 7.43. The molecule has 1 atom stereocenters. The Bertz CT molecular complexity index is 834. The molecule has 1 amide bonds. The van der Waals surface area contributed by atoms with Crippen molar-refractivity contribution in [3.63, 3.8) is 0 Å². The van der Waals surface area contributed by atoms with Crippen molar-refractivity contribution in [1.29, 1.82) is 0 Å². The third kappa shape index (κ3) is 5.45. The van der Waals surface area contributed by atoms with Gasteiger partial charge in [0, 0.05) is 16.6 Å². The number of hydrogen-bond acceptors (Lipinski definition) is 5. The minimum absolute atomic E-state index is 0.0281. The number of amides is 1. The van der Waals surface area contributed by atoms with E-state index < -0.39 is 10.1 Å². The maximum Gasteiger partial charge on any atom is 0.306 e. The van der Waals surface area contributed by atoms with Crippen molar-refractivity contribution < 1.29 is 17.4 Å². The van der Waals surface area contributed by atoms with Crippen molar-refractivity contribution in [2.24, 2.45) is 0 Å². The first-order valence-electron chi connectivity index (χ1n) is 7.73. The highest BCUT2D eigenvalue weighted by molar-refractivity contribution is 7.86. The third-order valence-electron chi connectivity index (χ3n) is 3.72. The summed E-state index contributed by atoms with van der Waals surface area (Å²) in [5, 5.41) is 2.29. The summed E-state index contributed by atoms with van der Waals surface area (Å²) in [6.07, 6.45) is 1.74. The van der Waals surface area contributed by atoms with Crippen molar-refractivity contribution in [2.45, 2.75) is 32.9 Å². The molecule has 0 fully saturated rings. The van der Waals surface area contributed by atoms with Gasteiger partial charge in [-0.25, -0.2) is 0 Å². The summed E-state index contributed by atoms with van der Waals surface area (Å²) in [5.74, 6) is 0.0776. The van der Waals surface area contributed by atoms with Crippen molar-refractivity contribution >= 4 is 39.0 Å². The Kier molecular flexibility index (Phi) is 6.48. The van der Waals surface area contributed by atoms with Crippen LogP contribution >= 0.6 is 22.9 Å². The van der Waals surface area contributed by atoms with Gasteiger partial charge in [0.25, 0.3) is 5.91 Å². The lowest BCUT2D eigenvalue weighted by atomic mass is 10.1. The van der Waals surface area contributed by atoms with Crippen LogP contribution in [0.3, 0.4) is 0 Å². The number of halogens is 1. The number of thiophene rings is 1. The summed E-state index contributed by atoms with van der Waals surface area (Å²) < 4.78 is 28.1. The Morgan fingerprint density at radius 1 is 1.36 bits per heavy atom. The number of benzene rings is 1. The zero-order valence-corrected chi connectivity index (χ0v) is 16.6. The van der Waals surface area contributed by atoms with Gasteiger partial charge >= 0.3 is 10.1 Å². The quantitative estimate of drug-likeness (QED) is 0.653. The van der Waals surface area contributed by atoms with E-state index in [-0.39, 0.29) is 24.2 Å². The number of nitrogens with zero attached hydrogens (tertiary/aromatic N) is 1. The van der Waals surface area contributed by atoms with Crippen LogP contribution in [0.1, 0.15) is 35.5 Å². The summed E-state index contributed by atoms with van der Waals surface area (Å²) in [7, 11) is -3.68. The normalized spacial score (nSPS) is 12.6. The van der Waals surface area contributed by atoms with Crippen LogP contribution in [0.15, 0.2) is 35.7 Å². The molecule has 136 valence electrons. The van der Waals surface area contributed by atoms with Gasteiger partial charge in [0.1, 0.15) is 5.75 Å². The second kappa shape index (κ2) is 8.21. The van der Waals surface area contributed by atoms with Crippen LogP contribution in [0.25, 0.3) is 0 Å². The Labute approximate surface area is 157 Å². The van der Waals surface area contributed by atoms with Crippen molar-refractivity contribution in [1.82, 2.24) is 4.90 Å². The molecule has 1 unspecified atom stereocenters. The van der Waals surface area contributed by atoms with Crippen molar-refractivity contribution in [2.75, 3.05) is 6.26 Å². The first-order valence-corrected chi connectivity index (χ1v) is 10.8. The SMILES string of the molecule is CCC(C)N(Cc1cc(Cl)ccc1OS(C)(=O)=O)C(=O)c1cccs1. The molecule has 2 aromatic rings. The minimum Gasteiger partial charge on any atom is -0.382 e. The monoisotopic (exact) mass is 401 g/mol. The molecule has 2 rings (SSSR count). The van der Waals surface area contributed by atoms with E-state index in [9.17, 15) is 13.2 Å². The molecule has 0 radical (unpaired) electrons. The third-order valence-corrected chi connectivity index (χ3v) is 5.30. The molecule has 25 heavy (non-hydrogen) atoms. The molecule has 0 aliphatic carbocycles. The second-order valence-electron chi connectivity index (χ2n) is 5.71. The van der Waals surface area contributed by atoms with Gasteiger partial charge in [0.05, 0.1) is 17.7 Å². The van der Waals surface area contributed by atoms with Crippen LogP contribution in [0.4, 0.5) is 0 Å². The second-order valence-corrected chi connectivity index (χ2v) is 8.67. The average molecular weight is 402 g/mol. The van der Waals surface area contributed by atoms with Gasteiger partial charge < -0.3 is 9.08 Å². The lowest BCUT2D eigenvalue weighted by Crippen LogP contribution is -2.37. The first-order chi connectivity index (χ1) is 11.7. The van der Waals surface area contributed by atoms with Gasteiger partial charge in [-0.1, -0.05) is 24.6 Å². The highest BCUT2D eigenvalue weighted by Crippen LogP contribution is 2.27. The number of carbonyl (C=O) groups is 1. The maximum absolute atomic E-state index is 12.8. The van der Waals surface area contributed by atoms with E-state index in [0.29, 0.717) is 15.5 Å². The molecule has 0 N–H and O–H groups in total. The van der Waals surface area contributed by atoms with E-state index >= 15 is 0 Å². The van der Waals surface area contributed by atoms with Gasteiger partial charge in [-0.3, -0.25) is 4.79 Å². The van der Waals surface area contributed by atoms with Gasteiger partial charge in [0.15, 0.2) is 0 Å². The number of carbonyl (C=O) groups excluding carboxylic acids is 1. The van der Waals surface area contributed by atoms with Crippen LogP contribution < -0.4 is 4.18 Å². The van der Waals surface area contributed by atoms with Gasteiger partial charge in [0.2, 0.25) is 0 Å². The Morgan fingerprint density at radius 3 is 2.64 bits per heavy atom. The predicted octanol–water partition coefficient (Wildman–Crippen LogP) is 4.18. The fourth-order valence-electron chi connectivity index (χ4n) is 2.29. The molecule has 1 heterocycles. The Morgan fingerprint density at radius 2 is 2.08 bits per heavy atom. The maximum atomic E-state index is 12.8.